The van der Waals surface area contributed by atoms with E-state index in [1.165, 1.54) is 0 Å². The number of thiol groups is 1. The fourth-order valence-corrected chi connectivity index (χ4v) is 2.23. The van der Waals surface area contributed by atoms with Crippen molar-refractivity contribution in [3.63, 3.8) is 0 Å². The van der Waals surface area contributed by atoms with Gasteiger partial charge < -0.3 is 4.74 Å². The molecule has 0 saturated heterocycles. The van der Waals surface area contributed by atoms with Gasteiger partial charge >= 0.3 is 0 Å². The molecule has 0 bridgehead atoms. The van der Waals surface area contributed by atoms with Crippen molar-refractivity contribution in [3.8, 4) is 11.5 Å². The first-order valence-corrected chi connectivity index (χ1v) is 7.34. The molecule has 0 radical (unpaired) electrons. The molecule has 0 atom stereocenters. The maximum absolute atomic E-state index is 12.4. The zero-order valence-corrected chi connectivity index (χ0v) is 12.7. The van der Waals surface area contributed by atoms with Gasteiger partial charge in [-0.3, -0.25) is 4.79 Å². The minimum absolute atomic E-state index is 0.0143. The first-order valence-electron chi connectivity index (χ1n) is 6.89. The van der Waals surface area contributed by atoms with E-state index in [1.807, 2.05) is 42.5 Å². The minimum Gasteiger partial charge on any atom is -0.457 e. The van der Waals surface area contributed by atoms with Crippen molar-refractivity contribution in [1.29, 1.82) is 0 Å². The van der Waals surface area contributed by atoms with Gasteiger partial charge in [-0.25, -0.2) is 0 Å². The summed E-state index contributed by atoms with van der Waals surface area (Å²) in [6.45, 7) is 0. The van der Waals surface area contributed by atoms with E-state index in [4.69, 9.17) is 4.74 Å². The summed E-state index contributed by atoms with van der Waals surface area (Å²) in [6, 6.07) is 23.9. The molecule has 3 rings (SSSR count). The van der Waals surface area contributed by atoms with Crippen LogP contribution in [0.15, 0.2) is 83.8 Å². The van der Waals surface area contributed by atoms with Crippen molar-refractivity contribution in [2.45, 2.75) is 4.90 Å². The molecule has 0 spiro atoms. The van der Waals surface area contributed by atoms with Crippen LogP contribution in [-0.2, 0) is 0 Å². The molecule has 3 aromatic carbocycles. The number of ketones is 1. The lowest BCUT2D eigenvalue weighted by Gasteiger charge is -2.06. The van der Waals surface area contributed by atoms with Crippen molar-refractivity contribution in [3.05, 3.63) is 90.0 Å². The zero-order chi connectivity index (χ0) is 15.4. The first-order chi connectivity index (χ1) is 10.7. The van der Waals surface area contributed by atoms with Crippen LogP contribution in [0.5, 0.6) is 11.5 Å². The quantitative estimate of drug-likeness (QED) is 0.542. The highest BCUT2D eigenvalue weighted by Gasteiger charge is 2.09. The average molecular weight is 306 g/mol. The molecule has 2 nitrogen and oxygen atoms in total. The van der Waals surface area contributed by atoms with Crippen molar-refractivity contribution in [1.82, 2.24) is 0 Å². The number of carbonyl (C=O) groups excluding carboxylic acids is 1. The molecule has 22 heavy (non-hydrogen) atoms. The van der Waals surface area contributed by atoms with Crippen molar-refractivity contribution < 1.29 is 9.53 Å². The molecule has 0 aliphatic carbocycles. The van der Waals surface area contributed by atoms with E-state index in [2.05, 4.69) is 12.6 Å². The molecule has 108 valence electrons. The van der Waals surface area contributed by atoms with Gasteiger partial charge in [0.15, 0.2) is 5.78 Å². The second-order valence-electron chi connectivity index (χ2n) is 4.82. The fourth-order valence-electron chi connectivity index (χ4n) is 2.08. The Morgan fingerprint density at radius 2 is 1.18 bits per heavy atom. The van der Waals surface area contributed by atoms with Crippen molar-refractivity contribution in [2.24, 2.45) is 0 Å². The third-order valence-electron chi connectivity index (χ3n) is 3.22. The lowest BCUT2D eigenvalue weighted by Crippen LogP contribution is -2.00. The normalized spacial score (nSPS) is 10.2. The molecule has 0 aromatic heterocycles. The molecule has 0 aliphatic rings. The van der Waals surface area contributed by atoms with Crippen LogP contribution in [0.25, 0.3) is 0 Å². The lowest BCUT2D eigenvalue weighted by molar-refractivity contribution is 0.103. The van der Waals surface area contributed by atoms with Gasteiger partial charge in [0.25, 0.3) is 0 Å². The van der Waals surface area contributed by atoms with Crippen LogP contribution in [-0.4, -0.2) is 5.78 Å². The number of rotatable bonds is 4. The average Bonchev–Trinajstić information content (AvgIpc) is 2.57. The summed E-state index contributed by atoms with van der Waals surface area (Å²) >= 11 is 4.22. The van der Waals surface area contributed by atoms with E-state index in [-0.39, 0.29) is 5.78 Å². The van der Waals surface area contributed by atoms with Gasteiger partial charge in [0.2, 0.25) is 0 Å². The zero-order valence-electron chi connectivity index (χ0n) is 11.8. The van der Waals surface area contributed by atoms with Gasteiger partial charge in [0.05, 0.1) is 0 Å². The lowest BCUT2D eigenvalue weighted by atomic mass is 10.0. The number of benzene rings is 3. The highest BCUT2D eigenvalue weighted by atomic mass is 32.1. The highest BCUT2D eigenvalue weighted by Crippen LogP contribution is 2.22. The van der Waals surface area contributed by atoms with Gasteiger partial charge in [0, 0.05) is 16.0 Å². The van der Waals surface area contributed by atoms with Gasteiger partial charge in [-0.1, -0.05) is 18.2 Å². The Balaban J connectivity index is 1.76. The summed E-state index contributed by atoms with van der Waals surface area (Å²) < 4.78 is 5.71. The number of carbonyl (C=O) groups is 1. The second kappa shape index (κ2) is 6.50. The van der Waals surface area contributed by atoms with E-state index in [9.17, 15) is 4.79 Å². The molecule has 0 amide bonds. The van der Waals surface area contributed by atoms with Crippen LogP contribution in [0, 0.1) is 0 Å². The van der Waals surface area contributed by atoms with Crippen LogP contribution >= 0.6 is 12.6 Å². The van der Waals surface area contributed by atoms with Crippen molar-refractivity contribution in [2.75, 3.05) is 0 Å². The first kappa shape index (κ1) is 14.4. The number of hydrogen-bond acceptors (Lipinski definition) is 3. The molecule has 0 saturated carbocycles. The van der Waals surface area contributed by atoms with E-state index < -0.39 is 0 Å². The summed E-state index contributed by atoms with van der Waals surface area (Å²) in [4.78, 5) is 13.2. The molecule has 3 aromatic rings. The molecule has 0 heterocycles. The Hall–Kier alpha value is -2.52. The highest BCUT2D eigenvalue weighted by molar-refractivity contribution is 7.80. The second-order valence-corrected chi connectivity index (χ2v) is 5.33. The predicted molar refractivity (Wildman–Crippen MR) is 90.1 cm³/mol. The van der Waals surface area contributed by atoms with Crippen LogP contribution < -0.4 is 4.74 Å². The van der Waals surface area contributed by atoms with Crippen LogP contribution in [0.3, 0.4) is 0 Å². The summed E-state index contributed by atoms with van der Waals surface area (Å²) in [5.41, 5.74) is 1.28. The standard InChI is InChI=1S/C19H14O2S/c20-19(15-8-12-18(22)13-9-15)14-6-10-17(11-7-14)21-16-4-2-1-3-5-16/h1-13,22H. The van der Waals surface area contributed by atoms with Gasteiger partial charge in [-0.05, 0) is 60.7 Å². The summed E-state index contributed by atoms with van der Waals surface area (Å²) in [7, 11) is 0. The molecule has 0 unspecified atom stereocenters. The molecule has 0 fully saturated rings. The van der Waals surface area contributed by atoms with Crippen LogP contribution in [0.1, 0.15) is 15.9 Å². The van der Waals surface area contributed by atoms with Gasteiger partial charge in [-0.2, -0.15) is 0 Å². The molecular weight excluding hydrogens is 292 g/mol. The van der Waals surface area contributed by atoms with Crippen LogP contribution in [0.2, 0.25) is 0 Å². The van der Waals surface area contributed by atoms with Crippen LogP contribution in [0.4, 0.5) is 0 Å². The van der Waals surface area contributed by atoms with Crippen molar-refractivity contribution >= 4 is 18.4 Å². The Bertz CT molecular complexity index is 763. The van der Waals surface area contributed by atoms with E-state index >= 15 is 0 Å². The summed E-state index contributed by atoms with van der Waals surface area (Å²) in [5.74, 6) is 1.46. The van der Waals surface area contributed by atoms with Gasteiger partial charge in [0.1, 0.15) is 11.5 Å². The maximum atomic E-state index is 12.4. The number of ether oxygens (including phenoxy) is 1. The smallest absolute Gasteiger partial charge is 0.193 e. The number of para-hydroxylation sites is 1. The molecular formula is C19H14O2S. The van der Waals surface area contributed by atoms with E-state index in [0.717, 1.165) is 10.6 Å². The molecule has 0 N–H and O–H groups in total. The third-order valence-corrected chi connectivity index (χ3v) is 3.52. The fraction of sp³-hybridized carbons (Fsp3) is 0. The van der Waals surface area contributed by atoms with E-state index in [0.29, 0.717) is 16.9 Å². The minimum atomic E-state index is -0.0143. The predicted octanol–water partition coefficient (Wildman–Crippen LogP) is 5.00. The Morgan fingerprint density at radius 1 is 0.682 bits per heavy atom. The summed E-state index contributed by atoms with van der Waals surface area (Å²) in [5, 5.41) is 0. The summed E-state index contributed by atoms with van der Waals surface area (Å²) in [6.07, 6.45) is 0. The monoisotopic (exact) mass is 306 g/mol. The largest absolute Gasteiger partial charge is 0.457 e. The molecule has 0 aliphatic heterocycles. The molecule has 3 heteroatoms. The third kappa shape index (κ3) is 3.38. The number of hydrogen-bond donors (Lipinski definition) is 1. The Morgan fingerprint density at radius 3 is 1.77 bits per heavy atom. The maximum Gasteiger partial charge on any atom is 0.193 e. The Labute approximate surface area is 134 Å². The van der Waals surface area contributed by atoms with E-state index in [1.54, 1.807) is 36.4 Å². The topological polar surface area (TPSA) is 26.3 Å². The SMILES string of the molecule is O=C(c1ccc(S)cc1)c1ccc(Oc2ccccc2)cc1. The Kier molecular flexibility index (Phi) is 4.26. The van der Waals surface area contributed by atoms with Gasteiger partial charge in [-0.15, -0.1) is 12.6 Å².